The van der Waals surface area contributed by atoms with E-state index in [1.165, 1.54) is 25.4 Å². The molecule has 142 valence electrons. The summed E-state index contributed by atoms with van der Waals surface area (Å²) in [7, 11) is -2.72. The van der Waals surface area contributed by atoms with Gasteiger partial charge in [0, 0.05) is 12.1 Å². The van der Waals surface area contributed by atoms with Crippen LogP contribution in [0.25, 0.3) is 0 Å². The van der Waals surface area contributed by atoms with Gasteiger partial charge in [0.2, 0.25) is 21.8 Å². The molecular weight excluding hydrogens is 372 g/mol. The molecule has 2 aromatic heterocycles. The van der Waals surface area contributed by atoms with Gasteiger partial charge in [-0.05, 0) is 17.7 Å². The molecule has 9 nitrogen and oxygen atoms in total. The maximum Gasteiger partial charge on any atom is 0.434 e. The summed E-state index contributed by atoms with van der Waals surface area (Å²) in [4.78, 5) is 15.2. The molecule has 27 heavy (non-hydrogen) atoms. The summed E-state index contributed by atoms with van der Waals surface area (Å²) in [5.74, 6) is -1.26. The highest BCUT2D eigenvalue weighted by Crippen LogP contribution is 2.31. The molecule has 0 unspecified atom stereocenters. The number of methoxy groups -OCH3 is 1. The number of rotatable bonds is 7. The number of H-pyrrole nitrogens is 1. The third kappa shape index (κ3) is 4.07. The van der Waals surface area contributed by atoms with E-state index in [1.807, 2.05) is 30.3 Å². The molecule has 2 atom stereocenters. The lowest BCUT2D eigenvalue weighted by molar-refractivity contribution is 0.375. The van der Waals surface area contributed by atoms with E-state index in [0.29, 0.717) is 0 Å². The Morgan fingerprint density at radius 1 is 1.19 bits per heavy atom. The van der Waals surface area contributed by atoms with Gasteiger partial charge in [-0.1, -0.05) is 37.3 Å². The van der Waals surface area contributed by atoms with Crippen molar-refractivity contribution < 1.29 is 17.6 Å². The molecule has 0 aliphatic rings. The third-order valence-corrected chi connectivity index (χ3v) is 5.50. The van der Waals surface area contributed by atoms with Gasteiger partial charge in [-0.15, -0.1) is 5.10 Å². The SMILES string of the molecule is COc1ncccc1S(=O)(=O)N[C@H](c1n[nH]c(=O)o1)[C@H](C)c1ccccc1. The van der Waals surface area contributed by atoms with Crippen molar-refractivity contribution in [2.45, 2.75) is 23.8 Å². The van der Waals surface area contributed by atoms with E-state index in [0.717, 1.165) is 5.56 Å². The Morgan fingerprint density at radius 2 is 1.93 bits per heavy atom. The molecule has 0 bridgehead atoms. The molecule has 3 aromatic rings. The fraction of sp³-hybridized carbons (Fsp3) is 0.235. The van der Waals surface area contributed by atoms with Gasteiger partial charge in [0.1, 0.15) is 10.9 Å². The van der Waals surface area contributed by atoms with E-state index in [2.05, 4.69) is 19.9 Å². The Balaban J connectivity index is 2.02. The molecule has 0 saturated heterocycles. The number of hydrogen-bond acceptors (Lipinski definition) is 7. The van der Waals surface area contributed by atoms with Crippen LogP contribution >= 0.6 is 0 Å². The highest BCUT2D eigenvalue weighted by Gasteiger charge is 2.32. The first kappa shape index (κ1) is 18.8. The molecule has 2 heterocycles. The van der Waals surface area contributed by atoms with Crippen molar-refractivity contribution in [1.29, 1.82) is 0 Å². The van der Waals surface area contributed by atoms with Crippen LogP contribution in [0.15, 0.2) is 62.8 Å². The average molecular weight is 390 g/mol. The van der Waals surface area contributed by atoms with Gasteiger partial charge < -0.3 is 9.15 Å². The predicted octanol–water partition coefficient (Wildman–Crippen LogP) is 1.59. The zero-order chi connectivity index (χ0) is 19.4. The summed E-state index contributed by atoms with van der Waals surface area (Å²) < 4.78 is 38.5. The Hall–Kier alpha value is -2.98. The van der Waals surface area contributed by atoms with Crippen molar-refractivity contribution in [3.05, 3.63) is 70.7 Å². The number of ether oxygens (including phenoxy) is 1. The van der Waals surface area contributed by atoms with Gasteiger partial charge in [-0.25, -0.2) is 23.3 Å². The van der Waals surface area contributed by atoms with E-state index in [4.69, 9.17) is 9.15 Å². The van der Waals surface area contributed by atoms with E-state index >= 15 is 0 Å². The van der Waals surface area contributed by atoms with E-state index < -0.39 is 21.8 Å². The quantitative estimate of drug-likeness (QED) is 0.627. The first-order valence-electron chi connectivity index (χ1n) is 8.04. The molecule has 0 aliphatic heterocycles. The summed E-state index contributed by atoms with van der Waals surface area (Å²) in [5.41, 5.74) is 0.842. The van der Waals surface area contributed by atoms with Crippen LogP contribution in [0.1, 0.15) is 30.3 Å². The van der Waals surface area contributed by atoms with Crippen LogP contribution in [0.4, 0.5) is 0 Å². The van der Waals surface area contributed by atoms with E-state index in [9.17, 15) is 13.2 Å². The van der Waals surface area contributed by atoms with Gasteiger partial charge in [0.15, 0.2) is 0 Å². The molecule has 1 aromatic carbocycles. The van der Waals surface area contributed by atoms with Crippen LogP contribution in [0.3, 0.4) is 0 Å². The minimum atomic E-state index is -4.05. The van der Waals surface area contributed by atoms with Crippen LogP contribution in [0.5, 0.6) is 5.88 Å². The number of hydrogen-bond donors (Lipinski definition) is 2. The van der Waals surface area contributed by atoms with Gasteiger partial charge >= 0.3 is 5.76 Å². The van der Waals surface area contributed by atoms with Gasteiger partial charge in [0.25, 0.3) is 0 Å². The molecule has 10 heteroatoms. The summed E-state index contributed by atoms with van der Waals surface area (Å²) in [6.07, 6.45) is 1.43. The number of nitrogens with one attached hydrogen (secondary N) is 2. The van der Waals surface area contributed by atoms with Gasteiger partial charge in [0.05, 0.1) is 7.11 Å². The number of pyridine rings is 1. The summed E-state index contributed by atoms with van der Waals surface area (Å²) in [5, 5.41) is 5.96. The normalized spacial score (nSPS) is 13.9. The molecular formula is C17H18N4O5S. The molecule has 0 aliphatic carbocycles. The van der Waals surface area contributed by atoms with E-state index in [1.54, 1.807) is 6.92 Å². The smallest absolute Gasteiger partial charge is 0.434 e. The summed E-state index contributed by atoms with van der Waals surface area (Å²) in [6, 6.07) is 11.2. The Bertz CT molecular complexity index is 1060. The van der Waals surface area contributed by atoms with Crippen molar-refractivity contribution in [2.75, 3.05) is 7.11 Å². The Morgan fingerprint density at radius 3 is 2.56 bits per heavy atom. The number of nitrogens with zero attached hydrogens (tertiary/aromatic N) is 2. The monoisotopic (exact) mass is 390 g/mol. The van der Waals surface area contributed by atoms with Gasteiger partial charge in [-0.2, -0.15) is 4.72 Å². The minimum Gasteiger partial charge on any atom is -0.480 e. The van der Waals surface area contributed by atoms with Crippen LogP contribution in [-0.2, 0) is 10.0 Å². The van der Waals surface area contributed by atoms with Crippen molar-refractivity contribution in [1.82, 2.24) is 19.9 Å². The molecule has 0 spiro atoms. The van der Waals surface area contributed by atoms with Crippen molar-refractivity contribution in [3.63, 3.8) is 0 Å². The zero-order valence-electron chi connectivity index (χ0n) is 14.6. The van der Waals surface area contributed by atoms with Crippen LogP contribution in [0, 0.1) is 0 Å². The first-order chi connectivity index (χ1) is 12.9. The first-order valence-corrected chi connectivity index (χ1v) is 9.52. The van der Waals surface area contributed by atoms with Crippen molar-refractivity contribution in [3.8, 4) is 5.88 Å². The van der Waals surface area contributed by atoms with Crippen LogP contribution in [0.2, 0.25) is 0 Å². The van der Waals surface area contributed by atoms with Gasteiger partial charge in [-0.3, -0.25) is 0 Å². The molecule has 0 radical (unpaired) electrons. The largest absolute Gasteiger partial charge is 0.480 e. The second-order valence-electron chi connectivity index (χ2n) is 5.76. The third-order valence-electron chi connectivity index (χ3n) is 4.05. The number of aromatic nitrogens is 3. The second kappa shape index (κ2) is 7.72. The predicted molar refractivity (Wildman–Crippen MR) is 95.8 cm³/mol. The minimum absolute atomic E-state index is 0.0420. The average Bonchev–Trinajstić information content (AvgIpc) is 3.12. The number of aromatic amines is 1. The highest BCUT2D eigenvalue weighted by molar-refractivity contribution is 7.89. The molecule has 0 saturated carbocycles. The van der Waals surface area contributed by atoms with Crippen molar-refractivity contribution >= 4 is 10.0 Å². The molecule has 0 amide bonds. The topological polar surface area (TPSA) is 127 Å². The molecule has 2 N–H and O–H groups in total. The molecule has 0 fully saturated rings. The lowest BCUT2D eigenvalue weighted by atomic mass is 9.94. The summed E-state index contributed by atoms with van der Waals surface area (Å²) >= 11 is 0. The van der Waals surface area contributed by atoms with Crippen LogP contribution < -0.4 is 15.2 Å². The fourth-order valence-corrected chi connectivity index (χ4v) is 4.04. The lowest BCUT2D eigenvalue weighted by Gasteiger charge is -2.22. The van der Waals surface area contributed by atoms with Crippen LogP contribution in [-0.4, -0.2) is 30.7 Å². The second-order valence-corrected chi connectivity index (χ2v) is 7.44. The van der Waals surface area contributed by atoms with E-state index in [-0.39, 0.29) is 22.6 Å². The zero-order valence-corrected chi connectivity index (χ0v) is 15.4. The number of sulfonamides is 1. The maximum atomic E-state index is 12.9. The Labute approximate surface area is 155 Å². The Kier molecular flexibility index (Phi) is 5.38. The fourth-order valence-electron chi connectivity index (χ4n) is 2.65. The molecule has 3 rings (SSSR count). The highest BCUT2D eigenvalue weighted by atomic mass is 32.2. The number of benzene rings is 1. The lowest BCUT2D eigenvalue weighted by Crippen LogP contribution is -2.32. The van der Waals surface area contributed by atoms with Crippen molar-refractivity contribution in [2.24, 2.45) is 0 Å². The standard InChI is InChI=1S/C17H18N4O5S/c1-11(12-7-4-3-5-8-12)14(16-19-20-17(22)26-16)21-27(23,24)13-9-6-10-18-15(13)25-2/h3-11,14,21H,1-2H3,(H,20,22)/t11-,14+/m1/s1. The maximum absolute atomic E-state index is 12.9. The summed E-state index contributed by atoms with van der Waals surface area (Å²) in [6.45, 7) is 1.80.